The molecule has 0 bridgehead atoms. The standard InChI is InChI=1S/C28H29N7O2.C2H6/c1-18-24(12-32-35(18)22-8-28(9-22)16-33(17-28)23-14-36-15-23)20-7-26(27-21(10-29)11-31-34(27)13-20)37-19(2)25-5-3-4-6-30-25;1-2/h3-7,11-13,19,22-23H,8-9,14-17H2,1-2H3;1-2H3. The monoisotopic (exact) mass is 525 g/mol. The molecule has 1 atom stereocenters. The molecule has 0 N–H and O–H groups in total. The third kappa shape index (κ3) is 4.38. The Kier molecular flexibility index (Phi) is 6.61. The predicted molar refractivity (Wildman–Crippen MR) is 147 cm³/mol. The second-order valence-corrected chi connectivity index (χ2v) is 10.8. The Hall–Kier alpha value is -3.74. The molecule has 3 aliphatic rings. The van der Waals surface area contributed by atoms with Crippen LogP contribution >= 0.6 is 0 Å². The van der Waals surface area contributed by atoms with Crippen molar-refractivity contribution < 1.29 is 9.47 Å². The van der Waals surface area contributed by atoms with Gasteiger partial charge in [-0.3, -0.25) is 14.6 Å². The molecule has 1 saturated carbocycles. The fourth-order valence-corrected chi connectivity index (χ4v) is 6.22. The lowest BCUT2D eigenvalue weighted by molar-refractivity contribution is -0.166. The highest BCUT2D eigenvalue weighted by Gasteiger charge is 2.55. The lowest BCUT2D eigenvalue weighted by Gasteiger charge is -2.62. The van der Waals surface area contributed by atoms with Crippen molar-refractivity contribution in [2.24, 2.45) is 5.41 Å². The van der Waals surface area contributed by atoms with E-state index in [2.05, 4.69) is 32.7 Å². The van der Waals surface area contributed by atoms with Crippen molar-refractivity contribution in [1.82, 2.24) is 29.3 Å². The van der Waals surface area contributed by atoms with Gasteiger partial charge in [0.2, 0.25) is 0 Å². The van der Waals surface area contributed by atoms with Crippen LogP contribution in [0.5, 0.6) is 5.75 Å². The van der Waals surface area contributed by atoms with E-state index in [0.29, 0.717) is 34.3 Å². The first-order valence-electron chi connectivity index (χ1n) is 13.9. The van der Waals surface area contributed by atoms with Crippen LogP contribution in [0.4, 0.5) is 0 Å². The van der Waals surface area contributed by atoms with Crippen molar-refractivity contribution in [2.75, 3.05) is 26.3 Å². The van der Waals surface area contributed by atoms with E-state index >= 15 is 0 Å². The van der Waals surface area contributed by atoms with Crippen molar-refractivity contribution >= 4 is 5.52 Å². The molecule has 0 amide bonds. The zero-order valence-electron chi connectivity index (χ0n) is 23.0. The predicted octanol–water partition coefficient (Wildman–Crippen LogP) is 4.97. The number of hydrogen-bond acceptors (Lipinski definition) is 7. The summed E-state index contributed by atoms with van der Waals surface area (Å²) in [4.78, 5) is 7.00. The highest BCUT2D eigenvalue weighted by Crippen LogP contribution is 2.55. The van der Waals surface area contributed by atoms with Crippen molar-refractivity contribution in [2.45, 2.75) is 58.7 Å². The number of aromatic nitrogens is 5. The zero-order valence-corrected chi connectivity index (χ0v) is 23.0. The molecule has 1 unspecified atom stereocenters. The van der Waals surface area contributed by atoms with Crippen molar-refractivity contribution in [3.63, 3.8) is 0 Å². The summed E-state index contributed by atoms with van der Waals surface area (Å²) in [5.74, 6) is 0.606. The smallest absolute Gasteiger partial charge is 0.148 e. The van der Waals surface area contributed by atoms with Crippen LogP contribution in [-0.4, -0.2) is 61.6 Å². The Balaban J connectivity index is 0.00000135. The van der Waals surface area contributed by atoms with E-state index in [-0.39, 0.29) is 6.10 Å². The Morgan fingerprint density at radius 3 is 2.59 bits per heavy atom. The van der Waals surface area contributed by atoms with Gasteiger partial charge in [0.25, 0.3) is 0 Å². The maximum Gasteiger partial charge on any atom is 0.148 e. The van der Waals surface area contributed by atoms with E-state index in [9.17, 15) is 5.26 Å². The summed E-state index contributed by atoms with van der Waals surface area (Å²) in [6, 6.07) is 11.1. The van der Waals surface area contributed by atoms with Crippen LogP contribution in [0, 0.1) is 23.7 Å². The minimum absolute atomic E-state index is 0.287. The van der Waals surface area contributed by atoms with Crippen LogP contribution in [0.15, 0.2) is 49.1 Å². The zero-order chi connectivity index (χ0) is 27.1. The van der Waals surface area contributed by atoms with Gasteiger partial charge in [0.1, 0.15) is 29.0 Å². The fourth-order valence-electron chi connectivity index (χ4n) is 6.22. The van der Waals surface area contributed by atoms with Gasteiger partial charge >= 0.3 is 0 Å². The van der Waals surface area contributed by atoms with Crippen molar-refractivity contribution in [3.8, 4) is 22.9 Å². The average Bonchev–Trinajstić information content (AvgIpc) is 3.48. The van der Waals surface area contributed by atoms with Gasteiger partial charge in [-0.1, -0.05) is 19.9 Å². The molecule has 9 heteroatoms. The van der Waals surface area contributed by atoms with Crippen molar-refractivity contribution in [1.29, 1.82) is 5.26 Å². The third-order valence-electron chi connectivity index (χ3n) is 8.36. The Bertz CT molecular complexity index is 1500. The van der Waals surface area contributed by atoms with Crippen LogP contribution < -0.4 is 4.74 Å². The van der Waals surface area contributed by atoms with Gasteiger partial charge in [0, 0.05) is 42.3 Å². The molecule has 3 fully saturated rings. The maximum absolute atomic E-state index is 9.67. The molecule has 7 rings (SSSR count). The molecule has 6 heterocycles. The first-order chi connectivity index (χ1) is 19.0. The summed E-state index contributed by atoms with van der Waals surface area (Å²) < 4.78 is 15.7. The van der Waals surface area contributed by atoms with Gasteiger partial charge in [-0.15, -0.1) is 0 Å². The number of pyridine rings is 2. The summed E-state index contributed by atoms with van der Waals surface area (Å²) in [6.07, 6.45) is 9.31. The maximum atomic E-state index is 9.67. The largest absolute Gasteiger partial charge is 0.482 e. The second-order valence-electron chi connectivity index (χ2n) is 10.8. The van der Waals surface area contributed by atoms with Gasteiger partial charge in [-0.2, -0.15) is 15.5 Å². The lowest BCUT2D eigenvalue weighted by Crippen LogP contribution is -2.68. The summed E-state index contributed by atoms with van der Waals surface area (Å²) >= 11 is 0. The third-order valence-corrected chi connectivity index (χ3v) is 8.36. The van der Waals surface area contributed by atoms with Crippen LogP contribution in [0.1, 0.15) is 62.7 Å². The minimum atomic E-state index is -0.287. The number of likely N-dealkylation sites (tertiary alicyclic amines) is 1. The quantitative estimate of drug-likeness (QED) is 0.351. The molecule has 1 spiro atoms. The molecule has 1 aliphatic carbocycles. The molecule has 4 aromatic rings. The minimum Gasteiger partial charge on any atom is -0.482 e. The fraction of sp³-hybridized carbons (Fsp3) is 0.467. The Morgan fingerprint density at radius 1 is 1.13 bits per heavy atom. The SMILES string of the molecule is CC.Cc1c(-c2cc(OC(C)c3ccccn3)c3c(C#N)cnn3c2)cnn1C1CC2(C1)CN(C1COC1)C2. The second kappa shape index (κ2) is 10.1. The van der Waals surface area contributed by atoms with Gasteiger partial charge in [0.15, 0.2) is 0 Å². The normalized spacial score (nSPS) is 19.4. The van der Waals surface area contributed by atoms with Gasteiger partial charge in [0.05, 0.1) is 43.4 Å². The first kappa shape index (κ1) is 25.5. The van der Waals surface area contributed by atoms with E-state index in [1.165, 1.54) is 25.9 Å². The molecule has 0 radical (unpaired) electrons. The van der Waals surface area contributed by atoms with Gasteiger partial charge in [-0.25, -0.2) is 4.52 Å². The molecular formula is C30H35N7O2. The molecule has 2 saturated heterocycles. The average molecular weight is 526 g/mol. The van der Waals surface area contributed by atoms with Crippen LogP contribution in [0.2, 0.25) is 0 Å². The summed E-state index contributed by atoms with van der Waals surface area (Å²) in [5.41, 5.74) is 5.57. The molecule has 2 aliphatic heterocycles. The molecule has 0 aromatic carbocycles. The van der Waals surface area contributed by atoms with E-state index in [1.54, 1.807) is 16.9 Å². The van der Waals surface area contributed by atoms with Gasteiger partial charge in [-0.05, 0) is 50.3 Å². The van der Waals surface area contributed by atoms with Gasteiger partial charge < -0.3 is 9.47 Å². The number of nitriles is 1. The van der Waals surface area contributed by atoms with Crippen LogP contribution in [0.25, 0.3) is 16.6 Å². The van der Waals surface area contributed by atoms with Crippen molar-refractivity contribution in [3.05, 3.63) is 66.0 Å². The van der Waals surface area contributed by atoms with E-state index < -0.39 is 0 Å². The summed E-state index contributed by atoms with van der Waals surface area (Å²) in [7, 11) is 0. The van der Waals surface area contributed by atoms with Crippen LogP contribution in [0.3, 0.4) is 0 Å². The number of nitrogens with zero attached hydrogens (tertiary/aromatic N) is 7. The highest BCUT2D eigenvalue weighted by atomic mass is 16.5. The highest BCUT2D eigenvalue weighted by molar-refractivity contribution is 5.76. The number of ether oxygens (including phenoxy) is 2. The Morgan fingerprint density at radius 2 is 1.92 bits per heavy atom. The number of hydrogen-bond donors (Lipinski definition) is 0. The molecule has 4 aromatic heterocycles. The molecule has 39 heavy (non-hydrogen) atoms. The lowest BCUT2D eigenvalue weighted by atomic mass is 9.60. The summed E-state index contributed by atoms with van der Waals surface area (Å²) in [6.45, 7) is 12.3. The molecule has 9 nitrogen and oxygen atoms in total. The topological polar surface area (TPSA) is 93.5 Å². The van der Waals surface area contributed by atoms with Crippen LogP contribution in [-0.2, 0) is 4.74 Å². The van der Waals surface area contributed by atoms with E-state index in [4.69, 9.17) is 14.6 Å². The number of rotatable bonds is 6. The number of fused-ring (bicyclic) bond motifs is 1. The van der Waals surface area contributed by atoms with E-state index in [0.717, 1.165) is 35.7 Å². The van der Waals surface area contributed by atoms with E-state index in [1.807, 2.05) is 57.4 Å². The Labute approximate surface area is 229 Å². The molecule has 202 valence electrons. The summed E-state index contributed by atoms with van der Waals surface area (Å²) in [5, 5.41) is 18.9. The first-order valence-corrected chi connectivity index (χ1v) is 13.9. The molecular weight excluding hydrogens is 490 g/mol.